The molecule has 0 aromatic heterocycles. The van der Waals surface area contributed by atoms with Crippen molar-refractivity contribution in [1.82, 2.24) is 9.84 Å². The van der Waals surface area contributed by atoms with Gasteiger partial charge in [0.15, 0.2) is 0 Å². The molecule has 7 heteroatoms. The maximum absolute atomic E-state index is 12.1. The van der Waals surface area contributed by atoms with Crippen molar-refractivity contribution in [1.29, 1.82) is 5.26 Å². The molecule has 6 nitrogen and oxygen atoms in total. The molecule has 96 valence electrons. The number of nitrogens with zero attached hydrogens (tertiary/aromatic N) is 2. The van der Waals surface area contributed by atoms with E-state index in [1.54, 1.807) is 17.1 Å². The van der Waals surface area contributed by atoms with E-state index >= 15 is 0 Å². The topological polar surface area (TPSA) is 82.4 Å². The number of hydrogen-bond donors (Lipinski definition) is 1. The van der Waals surface area contributed by atoms with Gasteiger partial charge in [-0.25, -0.2) is 13.4 Å². The lowest BCUT2D eigenvalue weighted by atomic mass is 10.2. The van der Waals surface area contributed by atoms with Crippen LogP contribution in [0.1, 0.15) is 5.56 Å². The second kappa shape index (κ2) is 5.46. The zero-order chi connectivity index (χ0) is 13.0. The van der Waals surface area contributed by atoms with Gasteiger partial charge in [0.05, 0.1) is 29.7 Å². The molecule has 18 heavy (non-hydrogen) atoms. The molecule has 0 aliphatic carbocycles. The van der Waals surface area contributed by atoms with Crippen LogP contribution in [0.2, 0.25) is 0 Å². The normalized spacial score (nSPS) is 17.3. The molecule has 1 aliphatic heterocycles. The summed E-state index contributed by atoms with van der Waals surface area (Å²) in [4.78, 5) is 2.57. The van der Waals surface area contributed by atoms with Gasteiger partial charge in [0, 0.05) is 13.1 Å². The maximum atomic E-state index is 12.1. The van der Waals surface area contributed by atoms with E-state index in [4.69, 9.17) is 10.00 Å². The highest BCUT2D eigenvalue weighted by molar-refractivity contribution is 7.89. The van der Waals surface area contributed by atoms with Crippen molar-refractivity contribution in [3.05, 3.63) is 29.8 Å². The zero-order valence-electron chi connectivity index (χ0n) is 9.67. The van der Waals surface area contributed by atoms with Crippen LogP contribution in [0.25, 0.3) is 0 Å². The molecule has 0 saturated carbocycles. The van der Waals surface area contributed by atoms with Crippen LogP contribution in [0, 0.1) is 11.3 Å². The highest BCUT2D eigenvalue weighted by Crippen LogP contribution is 2.11. The van der Waals surface area contributed by atoms with Gasteiger partial charge in [-0.05, 0) is 18.2 Å². The van der Waals surface area contributed by atoms with Crippen molar-refractivity contribution in [2.75, 3.05) is 26.3 Å². The monoisotopic (exact) mass is 267 g/mol. The Balaban J connectivity index is 2.17. The lowest BCUT2D eigenvalue weighted by Crippen LogP contribution is -2.48. The lowest BCUT2D eigenvalue weighted by Gasteiger charge is -2.26. The standard InChI is InChI=1S/C11H13N3O3S/c12-9-10-2-1-3-11(8-10)18(15,16)13-14-4-6-17-7-5-14/h1-3,8,13H,4-7H2. The van der Waals surface area contributed by atoms with Crippen molar-refractivity contribution in [2.24, 2.45) is 0 Å². The molecule has 1 aromatic rings. The number of sulfonamides is 1. The van der Waals surface area contributed by atoms with Gasteiger partial charge in [-0.3, -0.25) is 0 Å². The molecule has 0 bridgehead atoms. The van der Waals surface area contributed by atoms with E-state index < -0.39 is 10.0 Å². The second-order valence-electron chi connectivity index (χ2n) is 3.83. The molecule has 1 N–H and O–H groups in total. The predicted octanol–water partition coefficient (Wildman–Crippen LogP) is 0.0838. The minimum atomic E-state index is -3.62. The SMILES string of the molecule is N#Cc1cccc(S(=O)(=O)NN2CCOCC2)c1. The lowest BCUT2D eigenvalue weighted by molar-refractivity contribution is 0.0272. The van der Waals surface area contributed by atoms with Crippen molar-refractivity contribution in [2.45, 2.75) is 4.90 Å². The molecule has 0 atom stereocenters. The average molecular weight is 267 g/mol. The van der Waals surface area contributed by atoms with Gasteiger partial charge < -0.3 is 4.74 Å². The summed E-state index contributed by atoms with van der Waals surface area (Å²) in [5.74, 6) is 0. The Kier molecular flexibility index (Phi) is 3.93. The van der Waals surface area contributed by atoms with Crippen LogP contribution in [0.5, 0.6) is 0 Å². The molecule has 1 heterocycles. The van der Waals surface area contributed by atoms with Crippen molar-refractivity contribution < 1.29 is 13.2 Å². The Morgan fingerprint density at radius 2 is 2.06 bits per heavy atom. The van der Waals surface area contributed by atoms with Crippen LogP contribution in [0.3, 0.4) is 0 Å². The van der Waals surface area contributed by atoms with E-state index in [1.165, 1.54) is 12.1 Å². The van der Waals surface area contributed by atoms with Gasteiger partial charge in [-0.2, -0.15) is 5.26 Å². The van der Waals surface area contributed by atoms with E-state index in [2.05, 4.69) is 4.83 Å². The summed E-state index contributed by atoms with van der Waals surface area (Å²) in [6.07, 6.45) is 0. The van der Waals surface area contributed by atoms with Crippen LogP contribution in [0.4, 0.5) is 0 Å². The number of nitriles is 1. The zero-order valence-corrected chi connectivity index (χ0v) is 10.5. The van der Waals surface area contributed by atoms with E-state index in [0.29, 0.717) is 31.9 Å². The molecule has 0 unspecified atom stereocenters. The Morgan fingerprint density at radius 1 is 1.33 bits per heavy atom. The maximum Gasteiger partial charge on any atom is 0.253 e. The summed E-state index contributed by atoms with van der Waals surface area (Å²) in [5, 5.41) is 10.4. The summed E-state index contributed by atoms with van der Waals surface area (Å²) in [7, 11) is -3.62. The highest BCUT2D eigenvalue weighted by atomic mass is 32.2. The van der Waals surface area contributed by atoms with Gasteiger partial charge in [-0.1, -0.05) is 6.07 Å². The first-order chi connectivity index (χ1) is 8.62. The van der Waals surface area contributed by atoms with E-state index in [-0.39, 0.29) is 4.90 Å². The summed E-state index contributed by atoms with van der Waals surface area (Å²) in [6, 6.07) is 7.84. The predicted molar refractivity (Wildman–Crippen MR) is 63.9 cm³/mol. The van der Waals surface area contributed by atoms with Gasteiger partial charge in [0.1, 0.15) is 0 Å². The minimum absolute atomic E-state index is 0.0908. The van der Waals surface area contributed by atoms with Gasteiger partial charge in [0.25, 0.3) is 10.0 Å². The Hall–Kier alpha value is -1.46. The fraction of sp³-hybridized carbons (Fsp3) is 0.364. The third-order valence-electron chi connectivity index (χ3n) is 2.53. The fourth-order valence-electron chi connectivity index (χ4n) is 1.61. The number of hydrazine groups is 1. The number of rotatable bonds is 3. The van der Waals surface area contributed by atoms with E-state index in [1.807, 2.05) is 6.07 Å². The highest BCUT2D eigenvalue weighted by Gasteiger charge is 2.20. The van der Waals surface area contributed by atoms with Crippen molar-refractivity contribution in [3.63, 3.8) is 0 Å². The van der Waals surface area contributed by atoms with Crippen LogP contribution in [-0.4, -0.2) is 39.7 Å². The third kappa shape index (κ3) is 3.05. The summed E-state index contributed by atoms with van der Waals surface area (Å²) in [5.41, 5.74) is 0.319. The van der Waals surface area contributed by atoms with Gasteiger partial charge in [-0.15, -0.1) is 4.83 Å². The summed E-state index contributed by atoms with van der Waals surface area (Å²) in [6.45, 7) is 2.02. The molecular weight excluding hydrogens is 254 g/mol. The van der Waals surface area contributed by atoms with Crippen LogP contribution in [0.15, 0.2) is 29.2 Å². The quantitative estimate of drug-likeness (QED) is 0.839. The minimum Gasteiger partial charge on any atom is -0.379 e. The number of hydrogen-bond acceptors (Lipinski definition) is 5. The molecular formula is C11H13N3O3S. The first-order valence-corrected chi connectivity index (χ1v) is 6.95. The number of ether oxygens (including phenoxy) is 1. The summed E-state index contributed by atoms with van der Waals surface area (Å²) < 4.78 is 29.3. The number of nitrogens with one attached hydrogen (secondary N) is 1. The first-order valence-electron chi connectivity index (χ1n) is 5.47. The third-order valence-corrected chi connectivity index (χ3v) is 3.91. The molecule has 0 amide bonds. The smallest absolute Gasteiger partial charge is 0.253 e. The average Bonchev–Trinajstić information content (AvgIpc) is 2.39. The molecule has 0 radical (unpaired) electrons. The van der Waals surface area contributed by atoms with Crippen LogP contribution in [-0.2, 0) is 14.8 Å². The van der Waals surface area contributed by atoms with Gasteiger partial charge >= 0.3 is 0 Å². The summed E-state index contributed by atoms with van der Waals surface area (Å²) >= 11 is 0. The number of morpholine rings is 1. The fourth-order valence-corrected chi connectivity index (χ4v) is 2.78. The largest absolute Gasteiger partial charge is 0.379 e. The molecule has 2 rings (SSSR count). The Bertz CT molecular complexity index is 559. The van der Waals surface area contributed by atoms with Crippen molar-refractivity contribution >= 4 is 10.0 Å². The Labute approximate surface area is 106 Å². The molecule has 1 saturated heterocycles. The second-order valence-corrected chi connectivity index (χ2v) is 5.49. The van der Waals surface area contributed by atoms with Crippen molar-refractivity contribution in [3.8, 4) is 6.07 Å². The van der Waals surface area contributed by atoms with Crippen LogP contribution < -0.4 is 4.83 Å². The molecule has 1 fully saturated rings. The van der Waals surface area contributed by atoms with E-state index in [9.17, 15) is 8.42 Å². The number of benzene rings is 1. The molecule has 0 spiro atoms. The van der Waals surface area contributed by atoms with E-state index in [0.717, 1.165) is 0 Å². The van der Waals surface area contributed by atoms with Crippen LogP contribution >= 0.6 is 0 Å². The molecule has 1 aliphatic rings. The molecule has 1 aromatic carbocycles. The first kappa shape index (κ1) is 13.0. The van der Waals surface area contributed by atoms with Gasteiger partial charge in [0.2, 0.25) is 0 Å². The Morgan fingerprint density at radius 3 is 2.72 bits per heavy atom.